The molecule has 1 aromatic rings. The quantitative estimate of drug-likeness (QED) is 0.890. The number of aliphatic hydroxyl groups is 1. The van der Waals surface area contributed by atoms with Gasteiger partial charge in [-0.25, -0.2) is 0 Å². The molecule has 1 fully saturated rings. The summed E-state index contributed by atoms with van der Waals surface area (Å²) in [5.74, 6) is 1.60. The van der Waals surface area contributed by atoms with Gasteiger partial charge in [0.25, 0.3) is 0 Å². The van der Waals surface area contributed by atoms with Gasteiger partial charge in [0.2, 0.25) is 0 Å². The van der Waals surface area contributed by atoms with Crippen molar-refractivity contribution in [3.63, 3.8) is 0 Å². The second-order valence-corrected chi connectivity index (χ2v) is 5.77. The van der Waals surface area contributed by atoms with Gasteiger partial charge in [-0.2, -0.15) is 0 Å². The van der Waals surface area contributed by atoms with Crippen molar-refractivity contribution in [1.82, 2.24) is 0 Å². The van der Waals surface area contributed by atoms with Crippen LogP contribution in [0, 0.1) is 5.41 Å². The molecule has 0 radical (unpaired) electrons. The van der Waals surface area contributed by atoms with E-state index >= 15 is 0 Å². The summed E-state index contributed by atoms with van der Waals surface area (Å²) in [7, 11) is 0. The molecule has 2 atom stereocenters. The Labute approximate surface area is 117 Å². The van der Waals surface area contributed by atoms with E-state index in [1.54, 1.807) is 0 Å². The molecule has 2 aliphatic rings. The number of nitrogens with two attached hydrogens (primary N) is 1. The standard InChI is InChI=1S/C14H18ClNO3/c15-11-4-9(10-6-14(10,7-16)8-17)5-12-13(11)19-3-1-2-18-12/h4-5,10,17H,1-3,6-8,16H2. The molecule has 1 aromatic carbocycles. The highest BCUT2D eigenvalue weighted by atomic mass is 35.5. The van der Waals surface area contributed by atoms with E-state index in [-0.39, 0.29) is 17.9 Å². The highest BCUT2D eigenvalue weighted by Crippen LogP contribution is 2.59. The van der Waals surface area contributed by atoms with Crippen molar-refractivity contribution in [3.05, 3.63) is 22.7 Å². The largest absolute Gasteiger partial charge is 0.489 e. The molecule has 0 amide bonds. The van der Waals surface area contributed by atoms with E-state index in [1.165, 1.54) is 0 Å². The fourth-order valence-electron chi connectivity index (χ4n) is 2.74. The number of halogens is 1. The molecule has 3 rings (SSSR count). The van der Waals surface area contributed by atoms with Gasteiger partial charge < -0.3 is 20.3 Å². The molecule has 1 saturated carbocycles. The number of rotatable bonds is 3. The zero-order valence-corrected chi connectivity index (χ0v) is 11.4. The van der Waals surface area contributed by atoms with Crippen LogP contribution in [0.15, 0.2) is 12.1 Å². The fourth-order valence-corrected chi connectivity index (χ4v) is 3.01. The Morgan fingerprint density at radius 3 is 2.84 bits per heavy atom. The summed E-state index contributed by atoms with van der Waals surface area (Å²) in [6, 6.07) is 3.89. The molecular formula is C14H18ClNO3. The number of fused-ring (bicyclic) bond motifs is 1. The Balaban J connectivity index is 1.93. The monoisotopic (exact) mass is 283 g/mol. The molecule has 0 bridgehead atoms. The summed E-state index contributed by atoms with van der Waals surface area (Å²) in [4.78, 5) is 0. The summed E-state index contributed by atoms with van der Waals surface area (Å²) < 4.78 is 11.3. The predicted molar refractivity (Wildman–Crippen MR) is 73.0 cm³/mol. The third-order valence-corrected chi connectivity index (χ3v) is 4.42. The first-order chi connectivity index (χ1) is 9.20. The molecule has 4 nitrogen and oxygen atoms in total. The van der Waals surface area contributed by atoms with E-state index in [9.17, 15) is 5.11 Å². The summed E-state index contributed by atoms with van der Waals surface area (Å²) in [5.41, 5.74) is 6.66. The van der Waals surface area contributed by atoms with Crippen LogP contribution in [0.1, 0.15) is 24.3 Å². The first kappa shape index (κ1) is 13.0. The van der Waals surface area contributed by atoms with Crippen molar-refractivity contribution < 1.29 is 14.6 Å². The second kappa shape index (κ2) is 4.85. The fraction of sp³-hybridized carbons (Fsp3) is 0.571. The third-order valence-electron chi connectivity index (χ3n) is 4.14. The van der Waals surface area contributed by atoms with Gasteiger partial charge in [0.05, 0.1) is 24.8 Å². The smallest absolute Gasteiger partial charge is 0.179 e. The molecule has 1 aliphatic carbocycles. The molecule has 19 heavy (non-hydrogen) atoms. The molecule has 104 valence electrons. The zero-order chi connectivity index (χ0) is 13.5. The van der Waals surface area contributed by atoms with Gasteiger partial charge in [0, 0.05) is 18.4 Å². The van der Waals surface area contributed by atoms with Crippen LogP contribution in [-0.2, 0) is 0 Å². The number of aliphatic hydroxyl groups excluding tert-OH is 1. The van der Waals surface area contributed by atoms with Crippen LogP contribution in [0.25, 0.3) is 0 Å². The van der Waals surface area contributed by atoms with Crippen molar-refractivity contribution in [2.45, 2.75) is 18.8 Å². The molecule has 2 unspecified atom stereocenters. The first-order valence-corrected chi connectivity index (χ1v) is 6.98. The van der Waals surface area contributed by atoms with Crippen LogP contribution < -0.4 is 15.2 Å². The first-order valence-electron chi connectivity index (χ1n) is 6.60. The molecule has 1 heterocycles. The van der Waals surface area contributed by atoms with Gasteiger partial charge in [0.15, 0.2) is 11.5 Å². The maximum atomic E-state index is 9.47. The van der Waals surface area contributed by atoms with E-state index in [1.807, 2.05) is 12.1 Å². The summed E-state index contributed by atoms with van der Waals surface area (Å²) in [6.45, 7) is 1.86. The van der Waals surface area contributed by atoms with Crippen molar-refractivity contribution in [2.24, 2.45) is 11.1 Å². The summed E-state index contributed by atoms with van der Waals surface area (Å²) in [6.07, 6.45) is 1.75. The van der Waals surface area contributed by atoms with Crippen molar-refractivity contribution >= 4 is 11.6 Å². The lowest BCUT2D eigenvalue weighted by Gasteiger charge is -2.14. The van der Waals surface area contributed by atoms with E-state index < -0.39 is 0 Å². The number of ether oxygens (including phenoxy) is 2. The van der Waals surface area contributed by atoms with Gasteiger partial charge in [-0.05, 0) is 30.0 Å². The number of hydrogen-bond donors (Lipinski definition) is 2. The Bertz CT molecular complexity index is 488. The molecular weight excluding hydrogens is 266 g/mol. The lowest BCUT2D eigenvalue weighted by molar-refractivity contribution is 0.211. The molecule has 0 saturated heterocycles. The van der Waals surface area contributed by atoms with E-state index in [0.29, 0.717) is 36.3 Å². The molecule has 5 heteroatoms. The van der Waals surface area contributed by atoms with E-state index in [4.69, 9.17) is 26.8 Å². The molecule has 0 aromatic heterocycles. The molecule has 1 aliphatic heterocycles. The third kappa shape index (κ3) is 2.18. The minimum Gasteiger partial charge on any atom is -0.489 e. The minimum atomic E-state index is -0.177. The minimum absolute atomic E-state index is 0.111. The summed E-state index contributed by atoms with van der Waals surface area (Å²) >= 11 is 6.27. The topological polar surface area (TPSA) is 64.7 Å². The van der Waals surface area contributed by atoms with Crippen LogP contribution in [0.5, 0.6) is 11.5 Å². The Morgan fingerprint density at radius 2 is 2.16 bits per heavy atom. The second-order valence-electron chi connectivity index (χ2n) is 5.36. The van der Waals surface area contributed by atoms with Gasteiger partial charge in [0.1, 0.15) is 0 Å². The van der Waals surface area contributed by atoms with Crippen molar-refractivity contribution in [1.29, 1.82) is 0 Å². The summed E-state index contributed by atoms with van der Waals surface area (Å²) in [5, 5.41) is 10.0. The molecule has 0 spiro atoms. The van der Waals surface area contributed by atoms with Crippen LogP contribution in [0.4, 0.5) is 0 Å². The predicted octanol–water partition coefficient (Wildman–Crippen LogP) is 1.93. The van der Waals surface area contributed by atoms with Crippen LogP contribution in [-0.4, -0.2) is 31.5 Å². The average Bonchev–Trinajstić information content (AvgIpc) is 3.18. The normalized spacial score (nSPS) is 28.9. The van der Waals surface area contributed by atoms with Gasteiger partial charge in [-0.3, -0.25) is 0 Å². The highest BCUT2D eigenvalue weighted by Gasteiger charge is 2.53. The Kier molecular flexibility index (Phi) is 3.33. The average molecular weight is 284 g/mol. The maximum Gasteiger partial charge on any atom is 0.179 e. The van der Waals surface area contributed by atoms with E-state index in [0.717, 1.165) is 18.4 Å². The SMILES string of the molecule is NCC1(CO)CC1c1cc(Cl)c2c(c1)OCCCO2. The number of hydrogen-bond acceptors (Lipinski definition) is 4. The van der Waals surface area contributed by atoms with E-state index in [2.05, 4.69) is 0 Å². The van der Waals surface area contributed by atoms with Crippen molar-refractivity contribution in [2.75, 3.05) is 26.4 Å². The lowest BCUT2D eigenvalue weighted by atomic mass is 9.99. The lowest BCUT2D eigenvalue weighted by Crippen LogP contribution is -2.21. The van der Waals surface area contributed by atoms with Crippen molar-refractivity contribution in [3.8, 4) is 11.5 Å². The van der Waals surface area contributed by atoms with Gasteiger partial charge in [-0.1, -0.05) is 11.6 Å². The van der Waals surface area contributed by atoms with Gasteiger partial charge >= 0.3 is 0 Å². The van der Waals surface area contributed by atoms with Crippen LogP contribution in [0.2, 0.25) is 5.02 Å². The Morgan fingerprint density at radius 1 is 1.37 bits per heavy atom. The molecule has 3 N–H and O–H groups in total. The highest BCUT2D eigenvalue weighted by molar-refractivity contribution is 6.32. The number of benzene rings is 1. The maximum absolute atomic E-state index is 9.47. The zero-order valence-electron chi connectivity index (χ0n) is 10.7. The van der Waals surface area contributed by atoms with Gasteiger partial charge in [-0.15, -0.1) is 0 Å². The Hall–Kier alpha value is -0.970. The van der Waals surface area contributed by atoms with Crippen LogP contribution in [0.3, 0.4) is 0 Å². The van der Waals surface area contributed by atoms with Crippen LogP contribution >= 0.6 is 11.6 Å².